The first-order chi connectivity index (χ1) is 14.4. The minimum Gasteiger partial charge on any atom is -0.457 e. The van der Waals surface area contributed by atoms with Crippen LogP contribution >= 0.6 is 11.6 Å². The molecule has 0 aromatic heterocycles. The van der Waals surface area contributed by atoms with Gasteiger partial charge in [-0.25, -0.2) is 4.39 Å². The number of Topliss-reactive ketones (excluding diaryl/α,β-unsaturated/α-hetero) is 2. The van der Waals surface area contributed by atoms with Crippen LogP contribution < -0.4 is 4.74 Å². The fourth-order valence-corrected chi connectivity index (χ4v) is 4.71. The monoisotopic (exact) mass is 430 g/mol. The normalized spacial score (nSPS) is 19.3. The Morgan fingerprint density at radius 1 is 1.07 bits per heavy atom. The van der Waals surface area contributed by atoms with Crippen LogP contribution in [0.1, 0.15) is 49.7 Å². The Kier molecular flexibility index (Phi) is 5.94. The Morgan fingerprint density at radius 3 is 2.33 bits per heavy atom. The highest BCUT2D eigenvalue weighted by Crippen LogP contribution is 2.46. The van der Waals surface area contributed by atoms with E-state index in [1.165, 1.54) is 12.1 Å². The summed E-state index contributed by atoms with van der Waals surface area (Å²) < 4.78 is 25.0. The summed E-state index contributed by atoms with van der Waals surface area (Å²) in [7, 11) is 0. The molecule has 1 saturated heterocycles. The number of rotatable bonds is 4. The fraction of sp³-hybridized carbons (Fsp3) is 0.417. The maximum atomic E-state index is 13.7. The van der Waals surface area contributed by atoms with Crippen LogP contribution in [0.3, 0.4) is 0 Å². The molecule has 2 fully saturated rings. The first-order valence-corrected chi connectivity index (χ1v) is 10.7. The van der Waals surface area contributed by atoms with E-state index in [0.717, 1.165) is 18.4 Å². The Morgan fingerprint density at radius 2 is 1.70 bits per heavy atom. The molecule has 1 aliphatic heterocycles. The van der Waals surface area contributed by atoms with E-state index in [2.05, 4.69) is 0 Å². The van der Waals surface area contributed by atoms with Crippen LogP contribution in [0.2, 0.25) is 5.02 Å². The number of aryl methyl sites for hydroxylation is 1. The molecular formula is C24H24ClFO4. The standard InChI is InChI=1S/C24H24ClFO4/c1-2-15-3-4-16(30-17-5-6-19(25)20(26)12-17)11-18(15)23-21(27)13-24(14-22(23)28)7-9-29-10-8-24/h3-6,11-12,23H,2,7-10,13-14H2,1H3. The van der Waals surface area contributed by atoms with Gasteiger partial charge in [-0.2, -0.15) is 0 Å². The first kappa shape index (κ1) is 21.0. The summed E-state index contributed by atoms with van der Waals surface area (Å²) in [6.07, 6.45) is 3.01. The molecule has 1 saturated carbocycles. The predicted octanol–water partition coefficient (Wildman–Crippen LogP) is 5.65. The van der Waals surface area contributed by atoms with Crippen molar-refractivity contribution in [2.75, 3.05) is 13.2 Å². The third-order valence-corrected chi connectivity index (χ3v) is 6.54. The highest BCUT2D eigenvalue weighted by molar-refractivity contribution is 6.30. The molecule has 6 heteroatoms. The highest BCUT2D eigenvalue weighted by atomic mass is 35.5. The molecule has 158 valence electrons. The zero-order chi connectivity index (χ0) is 21.3. The minimum absolute atomic E-state index is 0.0183. The lowest BCUT2D eigenvalue weighted by Gasteiger charge is -2.41. The minimum atomic E-state index is -0.765. The van der Waals surface area contributed by atoms with Crippen molar-refractivity contribution in [3.63, 3.8) is 0 Å². The van der Waals surface area contributed by atoms with Crippen molar-refractivity contribution < 1.29 is 23.5 Å². The first-order valence-electron chi connectivity index (χ1n) is 10.3. The van der Waals surface area contributed by atoms with Crippen LogP contribution in [0.5, 0.6) is 11.5 Å². The molecule has 2 aliphatic rings. The lowest BCUT2D eigenvalue weighted by Crippen LogP contribution is -2.42. The van der Waals surface area contributed by atoms with E-state index in [0.29, 0.717) is 49.5 Å². The lowest BCUT2D eigenvalue weighted by atomic mass is 9.63. The van der Waals surface area contributed by atoms with Crippen molar-refractivity contribution in [2.45, 2.75) is 44.9 Å². The Hall–Kier alpha value is -2.24. The van der Waals surface area contributed by atoms with Crippen LogP contribution in [-0.2, 0) is 20.7 Å². The van der Waals surface area contributed by atoms with Gasteiger partial charge in [-0.15, -0.1) is 0 Å². The summed E-state index contributed by atoms with van der Waals surface area (Å²) in [5.74, 6) is -0.640. The molecule has 0 bridgehead atoms. The molecule has 0 radical (unpaired) electrons. The highest BCUT2D eigenvalue weighted by Gasteiger charge is 2.46. The molecule has 4 nitrogen and oxygen atoms in total. The van der Waals surface area contributed by atoms with Gasteiger partial charge in [-0.3, -0.25) is 9.59 Å². The molecule has 1 aliphatic carbocycles. The fourth-order valence-electron chi connectivity index (χ4n) is 4.59. The average Bonchev–Trinajstić information content (AvgIpc) is 2.71. The van der Waals surface area contributed by atoms with E-state index in [1.807, 2.05) is 13.0 Å². The van der Waals surface area contributed by atoms with E-state index in [1.54, 1.807) is 18.2 Å². The van der Waals surface area contributed by atoms with Gasteiger partial charge < -0.3 is 9.47 Å². The van der Waals surface area contributed by atoms with Gasteiger partial charge in [0.25, 0.3) is 0 Å². The molecule has 1 heterocycles. The quantitative estimate of drug-likeness (QED) is 0.588. The SMILES string of the molecule is CCc1ccc(Oc2ccc(Cl)c(F)c2)cc1C1C(=O)CC2(CCOCC2)CC1=O. The average molecular weight is 431 g/mol. The van der Waals surface area contributed by atoms with E-state index in [9.17, 15) is 14.0 Å². The topological polar surface area (TPSA) is 52.6 Å². The van der Waals surface area contributed by atoms with Gasteiger partial charge in [0.15, 0.2) is 0 Å². The second kappa shape index (κ2) is 8.48. The predicted molar refractivity (Wildman–Crippen MR) is 112 cm³/mol. The van der Waals surface area contributed by atoms with Crippen molar-refractivity contribution in [3.05, 3.63) is 58.4 Å². The van der Waals surface area contributed by atoms with Gasteiger partial charge in [0.05, 0.1) is 5.02 Å². The third-order valence-electron chi connectivity index (χ3n) is 6.23. The van der Waals surface area contributed by atoms with Gasteiger partial charge in [0.2, 0.25) is 0 Å². The summed E-state index contributed by atoms with van der Waals surface area (Å²) in [6.45, 7) is 3.20. The van der Waals surface area contributed by atoms with Gasteiger partial charge >= 0.3 is 0 Å². The molecule has 0 atom stereocenters. The van der Waals surface area contributed by atoms with Crippen molar-refractivity contribution in [2.24, 2.45) is 5.41 Å². The van der Waals surface area contributed by atoms with E-state index < -0.39 is 11.7 Å². The number of hydrogen-bond donors (Lipinski definition) is 0. The third kappa shape index (κ3) is 4.14. The zero-order valence-electron chi connectivity index (χ0n) is 16.9. The summed E-state index contributed by atoms with van der Waals surface area (Å²) in [6, 6.07) is 9.60. The van der Waals surface area contributed by atoms with Crippen LogP contribution in [-0.4, -0.2) is 24.8 Å². The van der Waals surface area contributed by atoms with Gasteiger partial charge in [0.1, 0.15) is 34.8 Å². The number of carbonyl (C=O) groups excluding carboxylic acids is 2. The van der Waals surface area contributed by atoms with Gasteiger partial charge in [-0.05, 0) is 60.1 Å². The molecule has 0 unspecified atom stereocenters. The number of ether oxygens (including phenoxy) is 2. The van der Waals surface area contributed by atoms with Crippen LogP contribution in [0, 0.1) is 11.2 Å². The number of carbonyl (C=O) groups is 2. The summed E-state index contributed by atoms with van der Waals surface area (Å²) in [4.78, 5) is 26.3. The van der Waals surface area contributed by atoms with Crippen molar-refractivity contribution >= 4 is 23.2 Å². The van der Waals surface area contributed by atoms with Crippen LogP contribution in [0.4, 0.5) is 4.39 Å². The van der Waals surface area contributed by atoms with Crippen molar-refractivity contribution in [1.29, 1.82) is 0 Å². The number of benzene rings is 2. The zero-order valence-corrected chi connectivity index (χ0v) is 17.6. The molecule has 2 aromatic carbocycles. The Bertz CT molecular complexity index is 961. The van der Waals surface area contributed by atoms with Crippen molar-refractivity contribution in [3.8, 4) is 11.5 Å². The smallest absolute Gasteiger partial charge is 0.148 e. The number of hydrogen-bond acceptors (Lipinski definition) is 4. The number of halogens is 2. The largest absolute Gasteiger partial charge is 0.457 e. The summed E-state index contributed by atoms with van der Waals surface area (Å²) in [5.41, 5.74) is 1.39. The van der Waals surface area contributed by atoms with E-state index in [4.69, 9.17) is 21.1 Å². The second-order valence-electron chi connectivity index (χ2n) is 8.22. The molecule has 4 rings (SSSR count). The van der Waals surface area contributed by atoms with E-state index >= 15 is 0 Å². The summed E-state index contributed by atoms with van der Waals surface area (Å²) >= 11 is 5.73. The van der Waals surface area contributed by atoms with E-state index in [-0.39, 0.29) is 22.0 Å². The van der Waals surface area contributed by atoms with Crippen LogP contribution in [0.15, 0.2) is 36.4 Å². The molecule has 1 spiro atoms. The summed E-state index contributed by atoms with van der Waals surface area (Å²) in [5, 5.41) is 0.0183. The molecule has 0 amide bonds. The Labute approximate surface area is 180 Å². The number of ketones is 2. The van der Waals surface area contributed by atoms with Gasteiger partial charge in [-0.1, -0.05) is 24.6 Å². The lowest BCUT2D eigenvalue weighted by molar-refractivity contribution is -0.139. The second-order valence-corrected chi connectivity index (χ2v) is 8.63. The molecular weight excluding hydrogens is 407 g/mol. The van der Waals surface area contributed by atoms with Crippen molar-refractivity contribution in [1.82, 2.24) is 0 Å². The van der Waals surface area contributed by atoms with Gasteiger partial charge in [0, 0.05) is 32.1 Å². The molecule has 30 heavy (non-hydrogen) atoms. The molecule has 2 aromatic rings. The maximum Gasteiger partial charge on any atom is 0.148 e. The van der Waals surface area contributed by atoms with Crippen LogP contribution in [0.25, 0.3) is 0 Å². The molecule has 0 N–H and O–H groups in total. The Balaban J connectivity index is 1.62. The maximum absolute atomic E-state index is 13.7.